The summed E-state index contributed by atoms with van der Waals surface area (Å²) in [6.45, 7) is 0. The maximum Gasteiger partial charge on any atom is 0.190 e. The minimum atomic E-state index is -0.274. The number of aromatic nitrogens is 2. The molecule has 104 valence electrons. The second kappa shape index (κ2) is 5.01. The van der Waals surface area contributed by atoms with E-state index in [1.165, 1.54) is 23.5 Å². The Labute approximate surface area is 135 Å². The van der Waals surface area contributed by atoms with Gasteiger partial charge in [-0.25, -0.2) is 14.4 Å². The highest BCUT2D eigenvalue weighted by atomic mass is 79.9. The summed E-state index contributed by atoms with van der Waals surface area (Å²) >= 11 is 6.48. The molecule has 4 aromatic rings. The predicted molar refractivity (Wildman–Crippen MR) is 90.2 cm³/mol. The van der Waals surface area contributed by atoms with Crippen molar-refractivity contribution >= 4 is 69.3 Å². The molecule has 0 amide bonds. The van der Waals surface area contributed by atoms with E-state index in [1.807, 2.05) is 18.2 Å². The fraction of sp³-hybridized carbons (Fsp3) is 0. The van der Waals surface area contributed by atoms with Gasteiger partial charge in [0.1, 0.15) is 5.82 Å². The van der Waals surface area contributed by atoms with E-state index in [2.05, 4.69) is 31.2 Å². The van der Waals surface area contributed by atoms with E-state index in [0.717, 1.165) is 24.5 Å². The maximum atomic E-state index is 13.2. The van der Waals surface area contributed by atoms with Gasteiger partial charge in [-0.15, -0.1) is 0 Å². The molecule has 0 saturated carbocycles. The van der Waals surface area contributed by atoms with Crippen LogP contribution in [0.1, 0.15) is 0 Å². The molecule has 0 bridgehead atoms. The van der Waals surface area contributed by atoms with Crippen LogP contribution in [0, 0.1) is 5.82 Å². The second-order valence-electron chi connectivity index (χ2n) is 4.39. The van der Waals surface area contributed by atoms with Gasteiger partial charge in [0.25, 0.3) is 0 Å². The molecule has 0 fully saturated rings. The summed E-state index contributed by atoms with van der Waals surface area (Å²) in [6.07, 6.45) is 0. The van der Waals surface area contributed by atoms with Gasteiger partial charge in [0.15, 0.2) is 10.3 Å². The summed E-state index contributed by atoms with van der Waals surface area (Å²) in [7, 11) is 0. The lowest BCUT2D eigenvalue weighted by atomic mass is 10.3. The molecule has 3 nitrogen and oxygen atoms in total. The van der Waals surface area contributed by atoms with Crippen molar-refractivity contribution in [3.05, 3.63) is 46.7 Å². The number of anilines is 2. The van der Waals surface area contributed by atoms with Gasteiger partial charge in [-0.3, -0.25) is 0 Å². The van der Waals surface area contributed by atoms with E-state index in [4.69, 9.17) is 0 Å². The van der Waals surface area contributed by atoms with Crippen molar-refractivity contribution in [3.63, 3.8) is 0 Å². The number of halogens is 2. The van der Waals surface area contributed by atoms with Crippen LogP contribution in [-0.2, 0) is 0 Å². The summed E-state index contributed by atoms with van der Waals surface area (Å²) < 4.78 is 16.2. The summed E-state index contributed by atoms with van der Waals surface area (Å²) in [5.74, 6) is -0.274. The van der Waals surface area contributed by atoms with Gasteiger partial charge in [0.05, 0.1) is 20.4 Å². The van der Waals surface area contributed by atoms with Gasteiger partial charge in [-0.2, -0.15) is 0 Å². The van der Waals surface area contributed by atoms with Crippen LogP contribution >= 0.6 is 38.6 Å². The third kappa shape index (κ3) is 2.52. The van der Waals surface area contributed by atoms with E-state index < -0.39 is 0 Å². The molecule has 2 heterocycles. The van der Waals surface area contributed by atoms with E-state index >= 15 is 0 Å². The fourth-order valence-corrected chi connectivity index (χ4v) is 4.10. The molecule has 2 aromatic carbocycles. The molecule has 0 atom stereocenters. The van der Waals surface area contributed by atoms with Crippen LogP contribution in [0.2, 0.25) is 0 Å². The Morgan fingerprint density at radius 2 is 1.52 bits per heavy atom. The molecule has 21 heavy (non-hydrogen) atoms. The molecule has 0 radical (unpaired) electrons. The molecule has 0 unspecified atom stereocenters. The van der Waals surface area contributed by atoms with Gasteiger partial charge < -0.3 is 5.32 Å². The lowest BCUT2D eigenvalue weighted by Gasteiger charge is -1.93. The van der Waals surface area contributed by atoms with Crippen LogP contribution in [-0.4, -0.2) is 9.97 Å². The van der Waals surface area contributed by atoms with Crippen molar-refractivity contribution in [2.75, 3.05) is 5.32 Å². The summed E-state index contributed by atoms with van der Waals surface area (Å²) in [5, 5.41) is 4.70. The van der Waals surface area contributed by atoms with E-state index in [-0.39, 0.29) is 5.82 Å². The van der Waals surface area contributed by atoms with E-state index in [1.54, 1.807) is 17.4 Å². The Morgan fingerprint density at radius 1 is 0.905 bits per heavy atom. The van der Waals surface area contributed by atoms with Gasteiger partial charge in [0.2, 0.25) is 0 Å². The number of rotatable bonds is 2. The quantitative estimate of drug-likeness (QED) is 0.495. The number of hydrogen-bond donors (Lipinski definition) is 1. The topological polar surface area (TPSA) is 37.8 Å². The number of hydrogen-bond acceptors (Lipinski definition) is 5. The Hall–Kier alpha value is -1.57. The number of thiazole rings is 2. The Kier molecular flexibility index (Phi) is 3.13. The molecule has 0 aliphatic rings. The van der Waals surface area contributed by atoms with Crippen LogP contribution < -0.4 is 5.32 Å². The zero-order valence-electron chi connectivity index (χ0n) is 10.4. The van der Waals surface area contributed by atoms with Crippen molar-refractivity contribution in [2.24, 2.45) is 0 Å². The largest absolute Gasteiger partial charge is 0.307 e. The Morgan fingerprint density at radius 3 is 2.24 bits per heavy atom. The average Bonchev–Trinajstić information content (AvgIpc) is 3.00. The lowest BCUT2D eigenvalue weighted by molar-refractivity contribution is 0.629. The molecule has 2 aromatic heterocycles. The first kappa shape index (κ1) is 13.1. The molecule has 0 spiro atoms. The van der Waals surface area contributed by atoms with Crippen molar-refractivity contribution in [1.29, 1.82) is 0 Å². The monoisotopic (exact) mass is 379 g/mol. The van der Waals surface area contributed by atoms with E-state index in [0.29, 0.717) is 10.6 Å². The second-order valence-corrected chi connectivity index (χ2v) is 7.36. The summed E-state index contributed by atoms with van der Waals surface area (Å²) in [6, 6.07) is 10.6. The first-order valence-electron chi connectivity index (χ1n) is 6.06. The molecule has 0 aliphatic carbocycles. The smallest absolute Gasteiger partial charge is 0.190 e. The Balaban J connectivity index is 1.71. The number of fused-ring (bicyclic) bond motifs is 2. The molecule has 1 N–H and O–H groups in total. The van der Waals surface area contributed by atoms with Crippen LogP contribution in [0.3, 0.4) is 0 Å². The van der Waals surface area contributed by atoms with Crippen molar-refractivity contribution < 1.29 is 4.39 Å². The first-order valence-corrected chi connectivity index (χ1v) is 8.49. The third-order valence-electron chi connectivity index (χ3n) is 2.91. The summed E-state index contributed by atoms with van der Waals surface area (Å²) in [5.41, 5.74) is 1.59. The first-order chi connectivity index (χ1) is 10.2. The minimum Gasteiger partial charge on any atom is -0.307 e. The zero-order chi connectivity index (χ0) is 14.4. The van der Waals surface area contributed by atoms with Crippen molar-refractivity contribution in [2.45, 2.75) is 0 Å². The van der Waals surface area contributed by atoms with Crippen LogP contribution in [0.15, 0.2) is 40.9 Å². The third-order valence-corrected chi connectivity index (χ3v) is 5.31. The predicted octanol–water partition coefficient (Wildman–Crippen LogP) is 5.55. The number of benzene rings is 2. The summed E-state index contributed by atoms with van der Waals surface area (Å²) in [4.78, 5) is 8.91. The molecule has 0 saturated heterocycles. The molecule has 7 heteroatoms. The maximum absolute atomic E-state index is 13.2. The molecule has 4 rings (SSSR count). The van der Waals surface area contributed by atoms with Crippen LogP contribution in [0.5, 0.6) is 0 Å². The SMILES string of the molecule is Fc1ccc2sc(Nc3nc4cc(Br)ccc4s3)nc2c1. The fourth-order valence-electron chi connectivity index (χ4n) is 2.00. The molecular weight excluding hydrogens is 373 g/mol. The van der Waals surface area contributed by atoms with Gasteiger partial charge in [-0.05, 0) is 30.3 Å². The standard InChI is InChI=1S/C14H7BrFN3S2/c15-7-1-3-11-9(5-7)17-13(20-11)19-14-18-10-6-8(16)2-4-12(10)21-14/h1-6H,(H,17,18,19). The Bertz CT molecular complexity index is 885. The van der Waals surface area contributed by atoms with Crippen LogP contribution in [0.25, 0.3) is 20.4 Å². The zero-order valence-corrected chi connectivity index (χ0v) is 13.6. The molecular formula is C14H7BrFN3S2. The lowest BCUT2D eigenvalue weighted by Crippen LogP contribution is -1.87. The van der Waals surface area contributed by atoms with Gasteiger partial charge >= 0.3 is 0 Å². The minimum absolute atomic E-state index is 0.274. The van der Waals surface area contributed by atoms with Crippen molar-refractivity contribution in [3.8, 4) is 0 Å². The highest BCUT2D eigenvalue weighted by Gasteiger charge is 2.08. The van der Waals surface area contributed by atoms with Gasteiger partial charge in [0, 0.05) is 10.5 Å². The number of nitrogens with one attached hydrogen (secondary N) is 1. The van der Waals surface area contributed by atoms with Gasteiger partial charge in [-0.1, -0.05) is 38.6 Å². The molecule has 0 aliphatic heterocycles. The highest BCUT2D eigenvalue weighted by Crippen LogP contribution is 2.33. The number of nitrogens with zero attached hydrogens (tertiary/aromatic N) is 2. The van der Waals surface area contributed by atoms with E-state index in [9.17, 15) is 4.39 Å². The normalized spacial score (nSPS) is 11.3. The average molecular weight is 380 g/mol. The van der Waals surface area contributed by atoms with Crippen molar-refractivity contribution in [1.82, 2.24) is 9.97 Å². The van der Waals surface area contributed by atoms with Crippen LogP contribution in [0.4, 0.5) is 14.7 Å². The highest BCUT2D eigenvalue weighted by molar-refractivity contribution is 9.10.